The zero-order valence-corrected chi connectivity index (χ0v) is 12.0. The van der Waals surface area contributed by atoms with E-state index in [1.165, 1.54) is 0 Å². The molecule has 104 valence electrons. The Labute approximate surface area is 118 Å². The van der Waals surface area contributed by atoms with E-state index in [2.05, 4.69) is 10.6 Å². The first-order valence-electron chi connectivity index (χ1n) is 6.54. The van der Waals surface area contributed by atoms with Gasteiger partial charge >= 0.3 is 0 Å². The molecule has 1 heterocycles. The molecule has 1 aromatic rings. The second-order valence-corrected chi connectivity index (χ2v) is 5.42. The van der Waals surface area contributed by atoms with Crippen molar-refractivity contribution in [1.82, 2.24) is 5.32 Å². The zero-order chi connectivity index (χ0) is 13.5. The summed E-state index contributed by atoms with van der Waals surface area (Å²) in [6.07, 6.45) is 4.19. The number of anilines is 1. The number of rotatable bonds is 5. The molecule has 5 heteroatoms. The van der Waals surface area contributed by atoms with E-state index in [9.17, 15) is 4.79 Å². The van der Waals surface area contributed by atoms with Crippen molar-refractivity contribution >= 4 is 23.4 Å². The maximum atomic E-state index is 11.8. The van der Waals surface area contributed by atoms with Crippen molar-refractivity contribution in [3.05, 3.63) is 24.3 Å². The molecule has 1 aliphatic heterocycles. The third-order valence-electron chi connectivity index (χ3n) is 3.09. The number of carbonyl (C=O) groups is 1. The van der Waals surface area contributed by atoms with E-state index in [4.69, 9.17) is 4.74 Å². The van der Waals surface area contributed by atoms with Gasteiger partial charge in [0.25, 0.3) is 0 Å². The van der Waals surface area contributed by atoms with Gasteiger partial charge in [-0.25, -0.2) is 0 Å². The van der Waals surface area contributed by atoms with Crippen molar-refractivity contribution in [2.24, 2.45) is 0 Å². The highest BCUT2D eigenvalue weighted by molar-refractivity contribution is 7.98. The smallest absolute Gasteiger partial charge is 0.250 e. The average molecular weight is 280 g/mol. The summed E-state index contributed by atoms with van der Waals surface area (Å²) in [5, 5.41) is 6.14. The topological polar surface area (TPSA) is 50.4 Å². The summed E-state index contributed by atoms with van der Waals surface area (Å²) in [7, 11) is 0. The molecule has 0 spiro atoms. The Morgan fingerprint density at radius 1 is 1.47 bits per heavy atom. The van der Waals surface area contributed by atoms with E-state index in [0.717, 1.165) is 36.5 Å². The van der Waals surface area contributed by atoms with Crippen LogP contribution < -0.4 is 10.6 Å². The molecule has 4 nitrogen and oxygen atoms in total. The fourth-order valence-electron chi connectivity index (χ4n) is 2.05. The monoisotopic (exact) mass is 280 g/mol. The molecule has 1 amide bonds. The van der Waals surface area contributed by atoms with Crippen LogP contribution in [0, 0.1) is 0 Å². The summed E-state index contributed by atoms with van der Waals surface area (Å²) < 4.78 is 5.62. The number of thioether (sulfide) groups is 1. The Hall–Kier alpha value is -1.04. The van der Waals surface area contributed by atoms with Crippen LogP contribution in [0.4, 0.5) is 5.69 Å². The van der Waals surface area contributed by atoms with Crippen molar-refractivity contribution in [2.75, 3.05) is 31.3 Å². The van der Waals surface area contributed by atoms with Crippen LogP contribution in [0.3, 0.4) is 0 Å². The van der Waals surface area contributed by atoms with Crippen LogP contribution in [0.15, 0.2) is 29.2 Å². The summed E-state index contributed by atoms with van der Waals surface area (Å²) in [4.78, 5) is 12.9. The van der Waals surface area contributed by atoms with Gasteiger partial charge in [0, 0.05) is 10.6 Å². The van der Waals surface area contributed by atoms with Gasteiger partial charge in [0.05, 0.1) is 6.10 Å². The average Bonchev–Trinajstić information content (AvgIpc) is 2.46. The van der Waals surface area contributed by atoms with Gasteiger partial charge in [-0.05, 0) is 50.4 Å². The molecule has 0 aromatic heterocycles. The maximum Gasteiger partial charge on any atom is 0.250 e. The van der Waals surface area contributed by atoms with Gasteiger partial charge in [0.15, 0.2) is 0 Å². The zero-order valence-electron chi connectivity index (χ0n) is 11.1. The highest BCUT2D eigenvalue weighted by atomic mass is 32.2. The van der Waals surface area contributed by atoms with E-state index in [1.54, 1.807) is 11.8 Å². The number of amides is 1. The van der Waals surface area contributed by atoms with Crippen LogP contribution >= 0.6 is 11.8 Å². The first-order chi connectivity index (χ1) is 9.28. The van der Waals surface area contributed by atoms with E-state index in [0.29, 0.717) is 0 Å². The molecule has 1 aromatic carbocycles. The molecule has 2 N–H and O–H groups in total. The Morgan fingerprint density at radius 2 is 2.26 bits per heavy atom. The largest absolute Gasteiger partial charge is 0.368 e. The predicted octanol–water partition coefficient (Wildman–Crippen LogP) is 2.12. The highest BCUT2D eigenvalue weighted by Gasteiger charge is 2.14. The fourth-order valence-corrected chi connectivity index (χ4v) is 2.51. The molecule has 0 unspecified atom stereocenters. The number of piperidine rings is 1. The summed E-state index contributed by atoms with van der Waals surface area (Å²) >= 11 is 1.66. The van der Waals surface area contributed by atoms with Gasteiger partial charge in [0.1, 0.15) is 6.61 Å². The molecule has 1 aliphatic rings. The third kappa shape index (κ3) is 4.86. The molecule has 19 heavy (non-hydrogen) atoms. The van der Waals surface area contributed by atoms with Gasteiger partial charge in [-0.2, -0.15) is 0 Å². The standard InChI is InChI=1S/C14H20N2O2S/c1-19-13-4-2-3-11(9-13)16-14(17)10-18-12-5-7-15-8-6-12/h2-4,9,12,15H,5-8,10H2,1H3,(H,16,17). The van der Waals surface area contributed by atoms with Crippen LogP contribution in [0.2, 0.25) is 0 Å². The van der Waals surface area contributed by atoms with Crippen molar-refractivity contribution in [2.45, 2.75) is 23.8 Å². The minimum atomic E-state index is -0.0863. The number of hydrogen-bond donors (Lipinski definition) is 2. The lowest BCUT2D eigenvalue weighted by Gasteiger charge is -2.22. The van der Waals surface area contributed by atoms with Gasteiger partial charge in [0.2, 0.25) is 5.91 Å². The first-order valence-corrected chi connectivity index (χ1v) is 7.76. The van der Waals surface area contributed by atoms with Crippen molar-refractivity contribution < 1.29 is 9.53 Å². The molecular weight excluding hydrogens is 260 g/mol. The van der Waals surface area contributed by atoms with Crippen LogP contribution in [0.5, 0.6) is 0 Å². The molecule has 0 aliphatic carbocycles. The van der Waals surface area contributed by atoms with Crippen molar-refractivity contribution in [3.63, 3.8) is 0 Å². The molecule has 1 saturated heterocycles. The molecule has 0 saturated carbocycles. The normalized spacial score (nSPS) is 16.3. The van der Waals surface area contributed by atoms with Crippen molar-refractivity contribution in [3.8, 4) is 0 Å². The molecule has 2 rings (SSSR count). The quantitative estimate of drug-likeness (QED) is 0.811. The molecule has 1 fully saturated rings. The predicted molar refractivity (Wildman–Crippen MR) is 78.7 cm³/mol. The number of benzene rings is 1. The summed E-state index contributed by atoms with van der Waals surface area (Å²) in [6.45, 7) is 2.08. The lowest BCUT2D eigenvalue weighted by atomic mass is 10.1. The van der Waals surface area contributed by atoms with E-state index >= 15 is 0 Å². The highest BCUT2D eigenvalue weighted by Crippen LogP contribution is 2.18. The summed E-state index contributed by atoms with van der Waals surface area (Å²) in [5.41, 5.74) is 0.825. The molecule has 0 bridgehead atoms. The number of carbonyl (C=O) groups excluding carboxylic acids is 1. The van der Waals surface area contributed by atoms with Gasteiger partial charge in [-0.1, -0.05) is 6.07 Å². The van der Waals surface area contributed by atoms with Crippen LogP contribution in [-0.4, -0.2) is 38.0 Å². The first kappa shape index (κ1) is 14.4. The fraction of sp³-hybridized carbons (Fsp3) is 0.500. The summed E-state index contributed by atoms with van der Waals surface area (Å²) in [6, 6.07) is 7.82. The lowest BCUT2D eigenvalue weighted by Crippen LogP contribution is -2.34. The molecular formula is C14H20N2O2S. The molecule has 0 radical (unpaired) electrons. The number of ether oxygens (including phenoxy) is 1. The Kier molecular flexibility index (Phi) is 5.69. The Morgan fingerprint density at radius 3 is 3.00 bits per heavy atom. The minimum absolute atomic E-state index is 0.0863. The number of nitrogens with one attached hydrogen (secondary N) is 2. The SMILES string of the molecule is CSc1cccc(NC(=O)COC2CCNCC2)c1. The van der Waals surface area contributed by atoms with E-state index in [-0.39, 0.29) is 18.6 Å². The van der Waals surface area contributed by atoms with Crippen LogP contribution in [0.25, 0.3) is 0 Å². The summed E-state index contributed by atoms with van der Waals surface area (Å²) in [5.74, 6) is -0.0863. The van der Waals surface area contributed by atoms with Gasteiger partial charge in [-0.3, -0.25) is 4.79 Å². The molecule has 0 atom stereocenters. The number of hydrogen-bond acceptors (Lipinski definition) is 4. The van der Waals surface area contributed by atoms with Gasteiger partial charge in [-0.15, -0.1) is 11.8 Å². The van der Waals surface area contributed by atoms with Crippen molar-refractivity contribution in [1.29, 1.82) is 0 Å². The Balaban J connectivity index is 1.76. The Bertz CT molecular complexity index is 420. The third-order valence-corrected chi connectivity index (χ3v) is 3.82. The maximum absolute atomic E-state index is 11.8. The van der Waals surface area contributed by atoms with E-state index < -0.39 is 0 Å². The van der Waals surface area contributed by atoms with Crippen LogP contribution in [-0.2, 0) is 9.53 Å². The van der Waals surface area contributed by atoms with Gasteiger partial charge < -0.3 is 15.4 Å². The van der Waals surface area contributed by atoms with E-state index in [1.807, 2.05) is 30.5 Å². The van der Waals surface area contributed by atoms with Crippen LogP contribution in [0.1, 0.15) is 12.8 Å². The second kappa shape index (κ2) is 7.53. The lowest BCUT2D eigenvalue weighted by molar-refractivity contribution is -0.123. The minimum Gasteiger partial charge on any atom is -0.368 e. The second-order valence-electron chi connectivity index (χ2n) is 4.54.